The monoisotopic (exact) mass is 457 g/mol. The summed E-state index contributed by atoms with van der Waals surface area (Å²) in [5.41, 5.74) is -0.612. The largest absolute Gasteiger partial charge is 0.388 e. The van der Waals surface area contributed by atoms with E-state index in [1.54, 1.807) is 33.8 Å². The predicted molar refractivity (Wildman–Crippen MR) is 118 cm³/mol. The molecule has 4 heterocycles. The summed E-state index contributed by atoms with van der Waals surface area (Å²) in [4.78, 5) is 32.0. The average Bonchev–Trinajstić information content (AvgIpc) is 3.19. The number of hydrogen-bond acceptors (Lipinski definition) is 6. The molecule has 1 aromatic carbocycles. The van der Waals surface area contributed by atoms with Crippen molar-refractivity contribution in [2.75, 3.05) is 26.3 Å². The molecule has 1 N–H and O–H groups in total. The van der Waals surface area contributed by atoms with Crippen molar-refractivity contribution >= 4 is 28.5 Å². The number of carbonyl (C=O) groups excluding carboxylic acids is 1. The van der Waals surface area contributed by atoms with Crippen LogP contribution in [0.1, 0.15) is 19.8 Å². The van der Waals surface area contributed by atoms with Crippen LogP contribution in [0.5, 0.6) is 0 Å². The summed E-state index contributed by atoms with van der Waals surface area (Å²) in [5.74, 6) is 0.0701. The molecule has 2 aromatic heterocycles. The number of likely N-dealkylation sites (tertiary alicyclic amines) is 1. The number of amides is 1. The van der Waals surface area contributed by atoms with Crippen LogP contribution in [0.4, 0.5) is 0 Å². The lowest BCUT2D eigenvalue weighted by Gasteiger charge is -2.44. The van der Waals surface area contributed by atoms with Crippen molar-refractivity contribution in [2.45, 2.75) is 31.9 Å². The van der Waals surface area contributed by atoms with Crippen molar-refractivity contribution in [1.82, 2.24) is 24.2 Å². The Labute approximate surface area is 189 Å². The number of fused-ring (bicyclic) bond motifs is 1. The third kappa shape index (κ3) is 3.60. The normalized spacial score (nSPS) is 19.7. The van der Waals surface area contributed by atoms with Crippen LogP contribution in [-0.4, -0.2) is 67.1 Å². The number of aliphatic hydroxyl groups is 1. The van der Waals surface area contributed by atoms with Crippen LogP contribution in [0.3, 0.4) is 0 Å². The zero-order valence-electron chi connectivity index (χ0n) is 17.7. The molecule has 168 valence electrons. The molecule has 0 spiro atoms. The summed E-state index contributed by atoms with van der Waals surface area (Å²) in [5, 5.41) is 16.4. The highest BCUT2D eigenvalue weighted by Crippen LogP contribution is 2.32. The minimum absolute atomic E-state index is 0.0701. The smallest absolute Gasteiger partial charge is 0.264 e. The number of halogens is 1. The van der Waals surface area contributed by atoms with E-state index in [-0.39, 0.29) is 18.0 Å². The summed E-state index contributed by atoms with van der Waals surface area (Å²) >= 11 is 5.95. The summed E-state index contributed by atoms with van der Waals surface area (Å²) in [7, 11) is 0. The summed E-state index contributed by atoms with van der Waals surface area (Å²) < 4.78 is 8.21. The molecule has 0 saturated carbocycles. The van der Waals surface area contributed by atoms with Crippen LogP contribution in [0, 0.1) is 5.41 Å². The summed E-state index contributed by atoms with van der Waals surface area (Å²) in [6.07, 6.45) is 3.72. The number of aromatic nitrogens is 4. The molecule has 32 heavy (non-hydrogen) atoms. The lowest BCUT2D eigenvalue weighted by molar-refractivity contribution is -0.172. The van der Waals surface area contributed by atoms with Crippen molar-refractivity contribution < 1.29 is 14.6 Å². The number of ether oxygens (including phenoxy) is 1. The van der Waals surface area contributed by atoms with Gasteiger partial charge in [0.2, 0.25) is 5.91 Å². The number of benzene rings is 1. The number of carbonyl (C=O) groups is 1. The van der Waals surface area contributed by atoms with Gasteiger partial charge in [0.1, 0.15) is 11.7 Å². The quantitative estimate of drug-likeness (QED) is 0.638. The van der Waals surface area contributed by atoms with Gasteiger partial charge in [-0.3, -0.25) is 14.2 Å². The van der Waals surface area contributed by atoms with E-state index >= 15 is 0 Å². The predicted octanol–water partition coefficient (Wildman–Crippen LogP) is 1.63. The molecule has 0 atom stereocenters. The second-order valence-corrected chi connectivity index (χ2v) is 9.45. The van der Waals surface area contributed by atoms with Gasteiger partial charge in [0.05, 0.1) is 42.7 Å². The molecule has 10 heteroatoms. The molecule has 5 rings (SSSR count). The van der Waals surface area contributed by atoms with Gasteiger partial charge in [-0.05, 0) is 44.0 Å². The maximum Gasteiger partial charge on any atom is 0.264 e. The van der Waals surface area contributed by atoms with E-state index in [4.69, 9.17) is 16.3 Å². The van der Waals surface area contributed by atoms with E-state index in [1.165, 1.54) is 17.1 Å². The van der Waals surface area contributed by atoms with Gasteiger partial charge in [-0.2, -0.15) is 5.10 Å². The van der Waals surface area contributed by atoms with Crippen molar-refractivity contribution in [3.8, 4) is 5.69 Å². The lowest BCUT2D eigenvalue weighted by atomic mass is 9.84. The Morgan fingerprint density at radius 3 is 2.53 bits per heavy atom. The first-order valence-electron chi connectivity index (χ1n) is 10.6. The third-order valence-electron chi connectivity index (χ3n) is 6.43. The minimum Gasteiger partial charge on any atom is -0.388 e. The average molecular weight is 458 g/mol. The first-order chi connectivity index (χ1) is 15.3. The van der Waals surface area contributed by atoms with Gasteiger partial charge < -0.3 is 14.7 Å². The van der Waals surface area contributed by atoms with E-state index in [9.17, 15) is 14.7 Å². The van der Waals surface area contributed by atoms with E-state index in [0.29, 0.717) is 55.2 Å². The number of nitrogens with zero attached hydrogens (tertiary/aromatic N) is 5. The topological polar surface area (TPSA) is 102 Å². The molecule has 2 aliphatic heterocycles. The van der Waals surface area contributed by atoms with Gasteiger partial charge in [-0.1, -0.05) is 11.6 Å². The van der Waals surface area contributed by atoms with E-state index in [0.717, 1.165) is 5.69 Å². The lowest BCUT2D eigenvalue weighted by Crippen LogP contribution is -2.57. The summed E-state index contributed by atoms with van der Waals surface area (Å²) in [6.45, 7) is 3.80. The zero-order valence-corrected chi connectivity index (χ0v) is 18.5. The number of hydrogen-bond donors (Lipinski definition) is 1. The minimum atomic E-state index is -1.08. The molecule has 0 unspecified atom stereocenters. The van der Waals surface area contributed by atoms with E-state index in [2.05, 4.69) is 10.1 Å². The maximum absolute atomic E-state index is 13.1. The fourth-order valence-electron chi connectivity index (χ4n) is 4.35. The first kappa shape index (κ1) is 21.1. The van der Waals surface area contributed by atoms with Crippen LogP contribution in [0.15, 0.2) is 41.6 Å². The van der Waals surface area contributed by atoms with E-state index in [1.807, 2.05) is 6.92 Å². The Morgan fingerprint density at radius 1 is 1.22 bits per heavy atom. The second kappa shape index (κ2) is 7.68. The molecule has 2 saturated heterocycles. The van der Waals surface area contributed by atoms with Gasteiger partial charge in [-0.25, -0.2) is 9.67 Å². The van der Waals surface area contributed by atoms with Crippen LogP contribution in [0.25, 0.3) is 16.7 Å². The molecule has 2 aliphatic rings. The maximum atomic E-state index is 13.1. The molecular formula is C22H24ClN5O4. The number of rotatable bonds is 4. The van der Waals surface area contributed by atoms with Crippen LogP contribution >= 0.6 is 11.6 Å². The molecule has 0 aliphatic carbocycles. The standard InChI is InChI=1S/C22H24ClN5O4/c1-21(12-32-13-21)20(30)26-8-6-22(31,7-9-26)11-27-14-24-18-17(19(27)29)10-25-28(18)16-4-2-15(23)3-5-16/h2-5,10,14,31H,6-9,11-13H2,1H3. The molecule has 1 amide bonds. The van der Waals surface area contributed by atoms with Crippen molar-refractivity contribution in [3.05, 3.63) is 52.2 Å². The van der Waals surface area contributed by atoms with Crippen LogP contribution < -0.4 is 5.56 Å². The van der Waals surface area contributed by atoms with Gasteiger partial charge in [0.25, 0.3) is 5.56 Å². The highest BCUT2D eigenvalue weighted by atomic mass is 35.5. The Bertz CT molecular complexity index is 1220. The first-order valence-corrected chi connectivity index (χ1v) is 10.9. The molecule has 2 fully saturated rings. The second-order valence-electron chi connectivity index (χ2n) is 9.02. The third-order valence-corrected chi connectivity index (χ3v) is 6.68. The van der Waals surface area contributed by atoms with Crippen LogP contribution in [-0.2, 0) is 16.1 Å². The van der Waals surface area contributed by atoms with Crippen LogP contribution in [0.2, 0.25) is 5.02 Å². The fraction of sp³-hybridized carbons (Fsp3) is 0.455. The highest BCUT2D eigenvalue weighted by Gasteiger charge is 2.45. The molecule has 3 aromatic rings. The molecule has 0 bridgehead atoms. The Balaban J connectivity index is 1.33. The summed E-state index contributed by atoms with van der Waals surface area (Å²) in [6, 6.07) is 7.10. The highest BCUT2D eigenvalue weighted by molar-refractivity contribution is 6.30. The molecule has 0 radical (unpaired) electrons. The van der Waals surface area contributed by atoms with Gasteiger partial charge in [-0.15, -0.1) is 0 Å². The Kier molecular flexibility index (Phi) is 5.07. The van der Waals surface area contributed by atoms with E-state index < -0.39 is 11.0 Å². The van der Waals surface area contributed by atoms with Crippen molar-refractivity contribution in [1.29, 1.82) is 0 Å². The Hall–Kier alpha value is -2.75. The zero-order chi connectivity index (χ0) is 22.5. The fourth-order valence-corrected chi connectivity index (χ4v) is 4.47. The molecular weight excluding hydrogens is 434 g/mol. The molecule has 9 nitrogen and oxygen atoms in total. The SMILES string of the molecule is CC1(C(=O)N2CCC(O)(Cn3cnc4c(cnn4-c4ccc(Cl)cc4)c3=O)CC2)COC1. The van der Waals surface area contributed by atoms with Crippen molar-refractivity contribution in [3.63, 3.8) is 0 Å². The Morgan fingerprint density at radius 2 is 1.91 bits per heavy atom. The van der Waals surface area contributed by atoms with Gasteiger partial charge in [0, 0.05) is 18.1 Å². The van der Waals surface area contributed by atoms with Gasteiger partial charge >= 0.3 is 0 Å². The van der Waals surface area contributed by atoms with Crippen molar-refractivity contribution in [2.24, 2.45) is 5.41 Å². The number of piperidine rings is 1. The van der Waals surface area contributed by atoms with Gasteiger partial charge in [0.15, 0.2) is 5.65 Å².